The van der Waals surface area contributed by atoms with Crippen LogP contribution in [0, 0.1) is 0 Å². The quantitative estimate of drug-likeness (QED) is 0.691. The zero-order valence-corrected chi connectivity index (χ0v) is 9.94. The smallest absolute Gasteiger partial charge is 0.387 e. The summed E-state index contributed by atoms with van der Waals surface area (Å²) in [6, 6.07) is 5.25. The van der Waals surface area contributed by atoms with E-state index in [0.717, 1.165) is 24.0 Å². The highest BCUT2D eigenvalue weighted by Gasteiger charge is 2.11. The second kappa shape index (κ2) is 6.69. The first-order valence-electron chi connectivity index (χ1n) is 5.30. The van der Waals surface area contributed by atoms with Gasteiger partial charge in [-0.3, -0.25) is 0 Å². The van der Waals surface area contributed by atoms with Crippen molar-refractivity contribution in [2.24, 2.45) is 0 Å². The van der Waals surface area contributed by atoms with E-state index in [1.54, 1.807) is 12.1 Å². The summed E-state index contributed by atoms with van der Waals surface area (Å²) >= 11 is 5.62. The van der Waals surface area contributed by atoms with Crippen molar-refractivity contribution in [3.8, 4) is 5.75 Å². The molecule has 4 heteroatoms. The molecule has 1 aromatic carbocycles. The molecule has 0 atom stereocenters. The first kappa shape index (κ1) is 13.2. The van der Waals surface area contributed by atoms with Gasteiger partial charge in [-0.2, -0.15) is 8.78 Å². The molecule has 0 radical (unpaired) electrons. The standard InChI is InChI=1S/C12H15ClF2O/c1-2-10-9(6-4-8-13)5-3-7-11(10)16-12(14)15/h3,5,7,12H,2,4,6,8H2,1H3. The highest BCUT2D eigenvalue weighted by molar-refractivity contribution is 6.17. The van der Waals surface area contributed by atoms with Gasteiger partial charge < -0.3 is 4.74 Å². The van der Waals surface area contributed by atoms with Gasteiger partial charge >= 0.3 is 6.61 Å². The highest BCUT2D eigenvalue weighted by Crippen LogP contribution is 2.25. The Morgan fingerprint density at radius 2 is 2.12 bits per heavy atom. The van der Waals surface area contributed by atoms with Gasteiger partial charge in [-0.1, -0.05) is 19.1 Å². The maximum atomic E-state index is 12.2. The minimum Gasteiger partial charge on any atom is -0.435 e. The Bertz CT molecular complexity index is 329. The zero-order chi connectivity index (χ0) is 12.0. The third-order valence-electron chi connectivity index (χ3n) is 2.38. The van der Waals surface area contributed by atoms with Crippen LogP contribution < -0.4 is 4.74 Å². The van der Waals surface area contributed by atoms with Crippen LogP contribution in [0.2, 0.25) is 0 Å². The molecule has 16 heavy (non-hydrogen) atoms. The number of alkyl halides is 3. The Morgan fingerprint density at radius 1 is 1.38 bits per heavy atom. The van der Waals surface area contributed by atoms with Crippen molar-refractivity contribution in [2.45, 2.75) is 32.8 Å². The average Bonchev–Trinajstić information content (AvgIpc) is 2.25. The van der Waals surface area contributed by atoms with E-state index in [1.165, 1.54) is 0 Å². The van der Waals surface area contributed by atoms with Gasteiger partial charge in [-0.15, -0.1) is 11.6 Å². The van der Waals surface area contributed by atoms with E-state index < -0.39 is 6.61 Å². The Balaban J connectivity index is 2.91. The van der Waals surface area contributed by atoms with Gasteiger partial charge in [-0.05, 0) is 36.5 Å². The minimum absolute atomic E-state index is 0.282. The third kappa shape index (κ3) is 3.63. The zero-order valence-electron chi connectivity index (χ0n) is 9.18. The SMILES string of the molecule is CCc1c(CCCCl)cccc1OC(F)F. The summed E-state index contributed by atoms with van der Waals surface area (Å²) in [5, 5.41) is 0. The van der Waals surface area contributed by atoms with E-state index in [1.807, 2.05) is 13.0 Å². The van der Waals surface area contributed by atoms with Crippen LogP contribution in [0.1, 0.15) is 24.5 Å². The fourth-order valence-corrected chi connectivity index (χ4v) is 1.84. The number of hydrogen-bond donors (Lipinski definition) is 0. The van der Waals surface area contributed by atoms with Crippen LogP contribution in [0.25, 0.3) is 0 Å². The summed E-state index contributed by atoms with van der Waals surface area (Å²) in [6.45, 7) is -0.841. The van der Waals surface area contributed by atoms with Gasteiger partial charge in [0.2, 0.25) is 0 Å². The van der Waals surface area contributed by atoms with Crippen molar-refractivity contribution >= 4 is 11.6 Å². The summed E-state index contributed by atoms with van der Waals surface area (Å²) < 4.78 is 28.8. The van der Waals surface area contributed by atoms with Crippen LogP contribution in [-0.4, -0.2) is 12.5 Å². The number of aryl methyl sites for hydroxylation is 1. The maximum absolute atomic E-state index is 12.2. The Labute approximate surface area is 99.4 Å². The molecule has 0 bridgehead atoms. The normalized spacial score (nSPS) is 10.8. The van der Waals surface area contributed by atoms with Gasteiger partial charge in [0, 0.05) is 5.88 Å². The molecule has 90 valence electrons. The molecule has 1 aromatic rings. The largest absolute Gasteiger partial charge is 0.435 e. The lowest BCUT2D eigenvalue weighted by Crippen LogP contribution is -2.06. The van der Waals surface area contributed by atoms with Crippen molar-refractivity contribution < 1.29 is 13.5 Å². The van der Waals surface area contributed by atoms with Crippen molar-refractivity contribution in [2.75, 3.05) is 5.88 Å². The summed E-state index contributed by atoms with van der Waals surface area (Å²) in [7, 11) is 0. The number of rotatable bonds is 6. The van der Waals surface area contributed by atoms with E-state index in [-0.39, 0.29) is 5.75 Å². The number of benzene rings is 1. The molecule has 0 saturated carbocycles. The van der Waals surface area contributed by atoms with Crippen molar-refractivity contribution in [1.82, 2.24) is 0 Å². The number of hydrogen-bond acceptors (Lipinski definition) is 1. The van der Waals surface area contributed by atoms with Crippen molar-refractivity contribution in [3.63, 3.8) is 0 Å². The van der Waals surface area contributed by atoms with Gasteiger partial charge in [0.15, 0.2) is 0 Å². The van der Waals surface area contributed by atoms with Crippen LogP contribution in [0.5, 0.6) is 5.75 Å². The molecule has 0 heterocycles. The minimum atomic E-state index is -2.77. The number of halogens is 3. The van der Waals surface area contributed by atoms with Gasteiger partial charge in [0.25, 0.3) is 0 Å². The second-order valence-electron chi connectivity index (χ2n) is 3.42. The molecule has 1 rings (SSSR count). The molecule has 0 aliphatic carbocycles. The van der Waals surface area contributed by atoms with E-state index in [2.05, 4.69) is 4.74 Å². The van der Waals surface area contributed by atoms with Gasteiger partial charge in [0.05, 0.1) is 0 Å². The molecule has 0 aromatic heterocycles. The van der Waals surface area contributed by atoms with Crippen molar-refractivity contribution in [1.29, 1.82) is 0 Å². The Morgan fingerprint density at radius 3 is 2.69 bits per heavy atom. The lowest BCUT2D eigenvalue weighted by Gasteiger charge is -2.13. The van der Waals surface area contributed by atoms with Crippen LogP contribution in [0.15, 0.2) is 18.2 Å². The van der Waals surface area contributed by atoms with Crippen molar-refractivity contribution in [3.05, 3.63) is 29.3 Å². The Hall–Kier alpha value is -0.830. The molecule has 0 aliphatic rings. The molecular weight excluding hydrogens is 234 g/mol. The van der Waals surface area contributed by atoms with E-state index >= 15 is 0 Å². The molecule has 1 nitrogen and oxygen atoms in total. The average molecular weight is 249 g/mol. The summed E-state index contributed by atoms with van der Waals surface area (Å²) in [6.07, 6.45) is 2.32. The topological polar surface area (TPSA) is 9.23 Å². The predicted octanol–water partition coefficient (Wildman–Crippen LogP) is 4.02. The predicted molar refractivity (Wildman–Crippen MR) is 61.5 cm³/mol. The first-order chi connectivity index (χ1) is 7.69. The van der Waals surface area contributed by atoms with E-state index in [9.17, 15) is 8.78 Å². The van der Waals surface area contributed by atoms with Gasteiger partial charge in [0.1, 0.15) is 5.75 Å². The van der Waals surface area contributed by atoms with Crippen LogP contribution in [0.4, 0.5) is 8.78 Å². The Kier molecular flexibility index (Phi) is 5.53. The molecule has 0 unspecified atom stereocenters. The maximum Gasteiger partial charge on any atom is 0.387 e. The summed E-state index contributed by atoms with van der Waals surface area (Å²) in [5.74, 6) is 0.855. The fourth-order valence-electron chi connectivity index (χ4n) is 1.71. The molecule has 0 spiro atoms. The third-order valence-corrected chi connectivity index (χ3v) is 2.65. The molecule has 0 N–H and O–H groups in total. The fraction of sp³-hybridized carbons (Fsp3) is 0.500. The molecule has 0 fully saturated rings. The van der Waals surface area contributed by atoms with Crippen LogP contribution >= 0.6 is 11.6 Å². The first-order valence-corrected chi connectivity index (χ1v) is 5.84. The highest BCUT2D eigenvalue weighted by atomic mass is 35.5. The molecular formula is C12H15ClF2O. The van der Waals surface area contributed by atoms with E-state index in [0.29, 0.717) is 12.3 Å². The van der Waals surface area contributed by atoms with Crippen LogP contribution in [0.3, 0.4) is 0 Å². The monoisotopic (exact) mass is 248 g/mol. The van der Waals surface area contributed by atoms with E-state index in [4.69, 9.17) is 11.6 Å². The number of ether oxygens (including phenoxy) is 1. The lowest BCUT2D eigenvalue weighted by atomic mass is 10.0. The molecule has 0 saturated heterocycles. The molecule has 0 amide bonds. The summed E-state index contributed by atoms with van der Waals surface area (Å²) in [5.41, 5.74) is 1.90. The molecule has 0 aliphatic heterocycles. The summed E-state index contributed by atoms with van der Waals surface area (Å²) in [4.78, 5) is 0. The van der Waals surface area contributed by atoms with Gasteiger partial charge in [-0.25, -0.2) is 0 Å². The lowest BCUT2D eigenvalue weighted by molar-refractivity contribution is -0.0504. The van der Waals surface area contributed by atoms with Crippen LogP contribution in [-0.2, 0) is 12.8 Å². The second-order valence-corrected chi connectivity index (χ2v) is 3.80.